The third-order valence-electron chi connectivity index (χ3n) is 1.02. The van der Waals surface area contributed by atoms with Gasteiger partial charge in [-0.05, 0) is 18.4 Å². The predicted molar refractivity (Wildman–Crippen MR) is 68.3 cm³/mol. The Kier molecular flexibility index (Phi) is 15.6. The average molecular weight is 303 g/mol. The Labute approximate surface area is 104 Å². The maximum atomic E-state index is 8.74. The first-order chi connectivity index (χ1) is 7.90. The van der Waals surface area contributed by atoms with Gasteiger partial charge in [0.2, 0.25) is 0 Å². The molecule has 0 saturated heterocycles. The zero-order chi connectivity index (χ0) is 13.7. The average Bonchev–Trinajstić information content (AvgIpc) is 2.18. The Balaban J connectivity index is 0. The second kappa shape index (κ2) is 13.9. The molecule has 1 aromatic rings. The Morgan fingerprint density at radius 2 is 1.65 bits per heavy atom. The monoisotopic (exact) mass is 303 g/mol. The second-order valence-corrected chi connectivity index (χ2v) is 4.32. The van der Waals surface area contributed by atoms with Crippen LogP contribution in [0.15, 0.2) is 24.4 Å². The highest BCUT2D eigenvalue weighted by molar-refractivity contribution is 7.97. The number of pyridine rings is 1. The van der Waals surface area contributed by atoms with Crippen molar-refractivity contribution in [3.05, 3.63) is 30.1 Å². The fourth-order valence-corrected chi connectivity index (χ4v) is 1.10. The molecule has 17 heavy (non-hydrogen) atoms. The zero-order valence-electron chi connectivity index (χ0n) is 8.98. The van der Waals surface area contributed by atoms with Crippen LogP contribution in [-0.4, -0.2) is 30.8 Å². The van der Waals surface area contributed by atoms with Gasteiger partial charge in [0.1, 0.15) is 0 Å². The van der Waals surface area contributed by atoms with Gasteiger partial charge in [-0.3, -0.25) is 14.1 Å². The van der Waals surface area contributed by atoms with Crippen LogP contribution in [0.25, 0.3) is 0 Å². The molecule has 1 heterocycles. The van der Waals surface area contributed by atoms with Gasteiger partial charge in [-0.1, -0.05) is 6.07 Å². The first-order valence-corrected chi connectivity index (χ1v) is 8.12. The molecular weight excluding hydrogens is 288 g/mol. The largest absolute Gasteiger partial charge is 0.326 e. The lowest BCUT2D eigenvalue weighted by Gasteiger charge is -1.92. The summed E-state index contributed by atoms with van der Waals surface area (Å²) in [7, 11) is -6.26. The molecule has 0 aliphatic carbocycles. The van der Waals surface area contributed by atoms with Crippen molar-refractivity contribution in [1.29, 1.82) is 0 Å². The van der Waals surface area contributed by atoms with E-state index in [0.29, 0.717) is 0 Å². The summed E-state index contributed by atoms with van der Waals surface area (Å²) in [4.78, 5) is 32.8. The standard InChI is InChI=1S/C7H9NS.2H3O3P/c1-9-6-7-4-2-3-5-8-7;2*1-4(2)3/h2-5H,6H2,1H3;2*4H,(H2,1,2,3). The van der Waals surface area contributed by atoms with Crippen LogP contribution in [0.4, 0.5) is 0 Å². The quantitative estimate of drug-likeness (QED) is 0.587. The Bertz CT molecular complexity index is 305. The van der Waals surface area contributed by atoms with Crippen molar-refractivity contribution < 1.29 is 28.7 Å². The lowest BCUT2D eigenvalue weighted by molar-refractivity contribution is 0.403. The van der Waals surface area contributed by atoms with Gasteiger partial charge in [-0.25, -0.2) is 0 Å². The number of rotatable bonds is 2. The Morgan fingerprint density at radius 1 is 1.18 bits per heavy atom. The molecule has 100 valence electrons. The molecule has 4 N–H and O–H groups in total. The number of aromatic nitrogens is 1. The highest BCUT2D eigenvalue weighted by atomic mass is 32.2. The van der Waals surface area contributed by atoms with Crippen molar-refractivity contribution in [1.82, 2.24) is 4.98 Å². The van der Waals surface area contributed by atoms with Crippen LogP contribution in [0.5, 0.6) is 0 Å². The fourth-order valence-electron chi connectivity index (χ4n) is 0.631. The molecule has 0 bridgehead atoms. The van der Waals surface area contributed by atoms with E-state index in [-0.39, 0.29) is 0 Å². The predicted octanol–water partition coefficient (Wildman–Crippen LogP) is 0.666. The molecule has 0 atom stereocenters. The summed E-state index contributed by atoms with van der Waals surface area (Å²) in [5, 5.41) is 0. The van der Waals surface area contributed by atoms with Crippen LogP contribution in [0.2, 0.25) is 0 Å². The van der Waals surface area contributed by atoms with Crippen molar-refractivity contribution in [2.75, 3.05) is 6.26 Å². The van der Waals surface area contributed by atoms with Gasteiger partial charge in [0.15, 0.2) is 0 Å². The van der Waals surface area contributed by atoms with Crippen molar-refractivity contribution in [2.24, 2.45) is 0 Å². The third-order valence-corrected chi connectivity index (χ3v) is 1.60. The zero-order valence-corrected chi connectivity index (χ0v) is 11.8. The SMILES string of the molecule is CSCc1ccccn1.O=[PH](O)O.O=[PH](O)O. The van der Waals surface area contributed by atoms with Crippen LogP contribution in [-0.2, 0) is 14.9 Å². The molecule has 0 amide bonds. The van der Waals surface area contributed by atoms with Gasteiger partial charge in [0.25, 0.3) is 0 Å². The van der Waals surface area contributed by atoms with E-state index in [9.17, 15) is 0 Å². The van der Waals surface area contributed by atoms with Crippen LogP contribution in [0.3, 0.4) is 0 Å². The maximum Gasteiger partial charge on any atom is 0.314 e. The van der Waals surface area contributed by atoms with E-state index in [0.717, 1.165) is 11.4 Å². The van der Waals surface area contributed by atoms with E-state index < -0.39 is 16.5 Å². The van der Waals surface area contributed by atoms with Gasteiger partial charge in [0, 0.05) is 11.9 Å². The van der Waals surface area contributed by atoms with Gasteiger partial charge < -0.3 is 19.6 Å². The summed E-state index contributed by atoms with van der Waals surface area (Å²) >= 11 is 1.79. The number of hydrogen-bond donors (Lipinski definition) is 4. The Morgan fingerprint density at radius 3 is 1.94 bits per heavy atom. The molecule has 10 heteroatoms. The van der Waals surface area contributed by atoms with E-state index in [1.165, 1.54) is 0 Å². The summed E-state index contributed by atoms with van der Waals surface area (Å²) in [6.45, 7) is 0. The van der Waals surface area contributed by atoms with Crippen molar-refractivity contribution >= 4 is 28.3 Å². The summed E-state index contributed by atoms with van der Waals surface area (Å²) in [6.07, 6.45) is 3.90. The second-order valence-electron chi connectivity index (χ2n) is 2.32. The van der Waals surface area contributed by atoms with Crippen LogP contribution < -0.4 is 0 Å². The number of thioether (sulfide) groups is 1. The number of nitrogens with zero attached hydrogens (tertiary/aromatic N) is 1. The fraction of sp³-hybridized carbons (Fsp3) is 0.286. The van der Waals surface area contributed by atoms with Gasteiger partial charge in [-0.2, -0.15) is 11.8 Å². The highest BCUT2D eigenvalue weighted by Gasteiger charge is 1.86. The first-order valence-electron chi connectivity index (χ1n) is 4.12. The molecule has 0 aromatic carbocycles. The molecule has 0 saturated carbocycles. The van der Waals surface area contributed by atoms with Crippen LogP contribution in [0.1, 0.15) is 5.69 Å². The smallest absolute Gasteiger partial charge is 0.314 e. The van der Waals surface area contributed by atoms with E-state index in [1.54, 1.807) is 11.8 Å². The molecule has 0 unspecified atom stereocenters. The summed E-state index contributed by atoms with van der Waals surface area (Å²) in [5.41, 5.74) is 1.16. The molecule has 1 rings (SSSR count). The lowest BCUT2D eigenvalue weighted by atomic mass is 10.4. The molecule has 0 fully saturated rings. The molecule has 0 radical (unpaired) electrons. The van der Waals surface area contributed by atoms with Crippen LogP contribution >= 0.6 is 28.3 Å². The molecular formula is C7H15NO6P2S. The number of hydrogen-bond acceptors (Lipinski definition) is 4. The van der Waals surface area contributed by atoms with Crippen molar-refractivity contribution in [2.45, 2.75) is 5.75 Å². The van der Waals surface area contributed by atoms with Gasteiger partial charge in [-0.15, -0.1) is 0 Å². The van der Waals surface area contributed by atoms with Crippen molar-refractivity contribution in [3.8, 4) is 0 Å². The molecule has 0 aliphatic rings. The highest BCUT2D eigenvalue weighted by Crippen LogP contribution is 2.03. The molecule has 7 nitrogen and oxygen atoms in total. The summed E-state index contributed by atoms with van der Waals surface area (Å²) in [5.74, 6) is 1.01. The van der Waals surface area contributed by atoms with E-state index in [4.69, 9.17) is 28.7 Å². The lowest BCUT2D eigenvalue weighted by Crippen LogP contribution is -1.81. The topological polar surface area (TPSA) is 128 Å². The normalized spacial score (nSPS) is 9.12. The maximum absolute atomic E-state index is 8.74. The van der Waals surface area contributed by atoms with Gasteiger partial charge in [0.05, 0.1) is 5.69 Å². The summed E-state index contributed by atoms with van der Waals surface area (Å²) in [6, 6.07) is 5.98. The summed E-state index contributed by atoms with van der Waals surface area (Å²) < 4.78 is 17.5. The Hall–Kier alpha value is -0.200. The van der Waals surface area contributed by atoms with E-state index in [1.807, 2.05) is 24.4 Å². The first kappa shape index (κ1) is 19.1. The molecule has 0 aliphatic heterocycles. The van der Waals surface area contributed by atoms with E-state index >= 15 is 0 Å². The van der Waals surface area contributed by atoms with Gasteiger partial charge >= 0.3 is 16.5 Å². The van der Waals surface area contributed by atoms with Crippen molar-refractivity contribution in [3.63, 3.8) is 0 Å². The van der Waals surface area contributed by atoms with Crippen LogP contribution in [0, 0.1) is 0 Å². The minimum atomic E-state index is -3.13. The third kappa shape index (κ3) is 25.8. The molecule has 0 spiro atoms. The minimum absolute atomic E-state index is 1.01. The minimum Gasteiger partial charge on any atom is -0.326 e. The van der Waals surface area contributed by atoms with E-state index in [2.05, 4.69) is 11.2 Å². The molecule has 1 aromatic heterocycles.